The summed E-state index contributed by atoms with van der Waals surface area (Å²) < 4.78 is 8.33. The van der Waals surface area contributed by atoms with Crippen LogP contribution in [0.3, 0.4) is 0 Å². The van der Waals surface area contributed by atoms with Crippen molar-refractivity contribution in [1.82, 2.24) is 14.8 Å². The number of para-hydroxylation sites is 1. The average Bonchev–Trinajstić information content (AvgIpc) is 3.65. The first-order chi connectivity index (χ1) is 18.5. The second-order valence-electron chi connectivity index (χ2n) is 10.4. The minimum absolute atomic E-state index is 0.260. The van der Waals surface area contributed by atoms with Gasteiger partial charge in [-0.2, -0.15) is 5.10 Å². The number of benzene rings is 3. The van der Waals surface area contributed by atoms with E-state index in [9.17, 15) is 9.90 Å². The van der Waals surface area contributed by atoms with Crippen molar-refractivity contribution in [2.75, 3.05) is 6.61 Å². The van der Waals surface area contributed by atoms with Crippen LogP contribution in [0.4, 0.5) is 0 Å². The fourth-order valence-corrected chi connectivity index (χ4v) is 6.23. The minimum Gasteiger partial charge on any atom is -0.493 e. The Morgan fingerprint density at radius 3 is 2.58 bits per heavy atom. The number of hydrogen-bond donors (Lipinski definition) is 2. The van der Waals surface area contributed by atoms with Crippen LogP contribution in [-0.4, -0.2) is 32.4 Å². The molecule has 1 saturated carbocycles. The molecule has 194 valence electrons. The Labute approximate surface area is 222 Å². The number of aromatic amines is 1. The van der Waals surface area contributed by atoms with E-state index in [2.05, 4.69) is 47.8 Å². The van der Waals surface area contributed by atoms with E-state index < -0.39 is 5.97 Å². The molecule has 0 radical (unpaired) electrons. The molecule has 1 aliphatic rings. The molecule has 0 bridgehead atoms. The summed E-state index contributed by atoms with van der Waals surface area (Å²) in [6, 6.07) is 20.8. The quantitative estimate of drug-likeness (QED) is 0.212. The van der Waals surface area contributed by atoms with Crippen LogP contribution in [0.15, 0.2) is 60.7 Å². The van der Waals surface area contributed by atoms with E-state index >= 15 is 0 Å². The van der Waals surface area contributed by atoms with Crippen LogP contribution in [0.2, 0.25) is 0 Å². The number of hydrogen-bond acceptors (Lipinski definition) is 3. The van der Waals surface area contributed by atoms with Crippen LogP contribution in [0.5, 0.6) is 5.75 Å². The second kappa shape index (κ2) is 10.0. The highest BCUT2D eigenvalue weighted by Gasteiger charge is 2.25. The number of fused-ring (bicyclic) bond motifs is 2. The van der Waals surface area contributed by atoms with Crippen LogP contribution in [0.1, 0.15) is 65.6 Å². The van der Waals surface area contributed by atoms with Crippen LogP contribution < -0.4 is 4.74 Å². The van der Waals surface area contributed by atoms with Crippen molar-refractivity contribution >= 4 is 27.6 Å². The number of carboxylic acid groups (broad SMARTS) is 1. The molecule has 0 spiro atoms. The van der Waals surface area contributed by atoms with Gasteiger partial charge in [-0.15, -0.1) is 0 Å². The Bertz CT molecular complexity index is 1630. The summed E-state index contributed by atoms with van der Waals surface area (Å²) in [4.78, 5) is 15.5. The third kappa shape index (κ3) is 4.24. The highest BCUT2D eigenvalue weighted by atomic mass is 16.5. The number of carboxylic acids is 1. The number of carbonyl (C=O) groups is 1. The summed E-state index contributed by atoms with van der Waals surface area (Å²) in [5, 5.41) is 18.2. The maximum Gasteiger partial charge on any atom is 0.352 e. The lowest BCUT2D eigenvalue weighted by molar-refractivity contribution is 0.0690. The zero-order valence-electron chi connectivity index (χ0n) is 22.0. The Morgan fingerprint density at radius 1 is 1.03 bits per heavy atom. The molecule has 0 unspecified atom stereocenters. The molecule has 2 heterocycles. The monoisotopic (exact) mass is 507 g/mol. The highest BCUT2D eigenvalue weighted by Crippen LogP contribution is 2.38. The molecule has 2 aromatic heterocycles. The smallest absolute Gasteiger partial charge is 0.352 e. The van der Waals surface area contributed by atoms with Crippen LogP contribution in [0, 0.1) is 13.8 Å². The van der Waals surface area contributed by atoms with E-state index in [1.165, 1.54) is 25.7 Å². The molecule has 6 nitrogen and oxygen atoms in total. The molecular weight excluding hydrogens is 474 g/mol. The second-order valence-corrected chi connectivity index (χ2v) is 10.4. The van der Waals surface area contributed by atoms with Crippen molar-refractivity contribution in [3.8, 4) is 16.9 Å². The van der Waals surface area contributed by atoms with E-state index in [0.29, 0.717) is 25.5 Å². The number of H-pyrrole nitrogens is 1. The van der Waals surface area contributed by atoms with Crippen LogP contribution in [-0.2, 0) is 6.42 Å². The van der Waals surface area contributed by atoms with Gasteiger partial charge in [0.2, 0.25) is 0 Å². The Hall–Kier alpha value is -4.06. The Kier molecular flexibility index (Phi) is 6.40. The molecule has 0 amide bonds. The van der Waals surface area contributed by atoms with Gasteiger partial charge >= 0.3 is 5.97 Å². The van der Waals surface area contributed by atoms with Crippen molar-refractivity contribution in [2.24, 2.45) is 0 Å². The molecule has 1 fully saturated rings. The van der Waals surface area contributed by atoms with Crippen molar-refractivity contribution < 1.29 is 14.6 Å². The number of ether oxygens (including phenoxy) is 1. The first-order valence-electron chi connectivity index (χ1n) is 13.6. The predicted molar refractivity (Wildman–Crippen MR) is 151 cm³/mol. The SMILES string of the molecule is Cc1nn(C2CCCC2)c(C)c1-c1cccc2c(CCCOc3cccc4ccccc34)c(C(=O)O)[nH]c12. The maximum absolute atomic E-state index is 12.3. The molecule has 0 atom stereocenters. The molecule has 38 heavy (non-hydrogen) atoms. The molecule has 5 aromatic rings. The molecule has 3 aromatic carbocycles. The first kappa shape index (κ1) is 24.3. The van der Waals surface area contributed by atoms with Crippen molar-refractivity contribution in [3.63, 3.8) is 0 Å². The number of aryl methyl sites for hydroxylation is 2. The largest absolute Gasteiger partial charge is 0.493 e. The van der Waals surface area contributed by atoms with Crippen molar-refractivity contribution in [3.05, 3.63) is 83.3 Å². The number of nitrogens with one attached hydrogen (secondary N) is 1. The van der Waals surface area contributed by atoms with Gasteiger partial charge in [-0.3, -0.25) is 4.68 Å². The van der Waals surface area contributed by atoms with Gasteiger partial charge in [0.1, 0.15) is 11.4 Å². The molecular formula is C32H33N3O3. The predicted octanol–water partition coefficient (Wildman–Crippen LogP) is 7.63. The highest BCUT2D eigenvalue weighted by molar-refractivity contribution is 6.03. The van der Waals surface area contributed by atoms with Crippen LogP contribution in [0.25, 0.3) is 32.8 Å². The van der Waals surface area contributed by atoms with E-state index in [1.54, 1.807) is 0 Å². The standard InChI is InChI=1S/C32H33N3O3/c1-20-29(21(2)35(34-20)23-12-4-5-13-23)27-16-8-15-25-26(31(32(36)37)33-30(25)27)17-9-19-38-28-18-7-11-22-10-3-6-14-24(22)28/h3,6-8,10-11,14-16,18,23,33H,4-5,9,12-13,17,19H2,1-2H3,(H,36,37). The Balaban J connectivity index is 1.29. The fraction of sp³-hybridized carbons (Fsp3) is 0.312. The van der Waals surface area contributed by atoms with Gasteiger partial charge in [0.25, 0.3) is 0 Å². The average molecular weight is 508 g/mol. The van der Waals surface area contributed by atoms with E-state index in [0.717, 1.165) is 55.5 Å². The van der Waals surface area contributed by atoms with Crippen LogP contribution >= 0.6 is 0 Å². The van der Waals surface area contributed by atoms with Gasteiger partial charge in [-0.25, -0.2) is 4.79 Å². The van der Waals surface area contributed by atoms with Crippen molar-refractivity contribution in [1.29, 1.82) is 0 Å². The van der Waals surface area contributed by atoms with Gasteiger partial charge in [0, 0.05) is 27.6 Å². The van der Waals surface area contributed by atoms with E-state index in [1.807, 2.05) is 36.4 Å². The molecule has 1 aliphatic carbocycles. The molecule has 0 saturated heterocycles. The van der Waals surface area contributed by atoms with Gasteiger partial charge in [-0.1, -0.05) is 67.4 Å². The van der Waals surface area contributed by atoms with Gasteiger partial charge in [0.05, 0.1) is 23.9 Å². The molecule has 6 heteroatoms. The summed E-state index contributed by atoms with van der Waals surface area (Å²) in [7, 11) is 0. The zero-order chi connectivity index (χ0) is 26.2. The summed E-state index contributed by atoms with van der Waals surface area (Å²) in [6.07, 6.45) is 6.15. The lowest BCUT2D eigenvalue weighted by Crippen LogP contribution is -2.08. The summed E-state index contributed by atoms with van der Waals surface area (Å²) >= 11 is 0. The molecule has 0 aliphatic heterocycles. The lowest BCUT2D eigenvalue weighted by atomic mass is 9.98. The number of aromatic carboxylic acids is 1. The summed E-state index contributed by atoms with van der Waals surface area (Å²) in [5.74, 6) is -0.0831. The maximum atomic E-state index is 12.3. The lowest BCUT2D eigenvalue weighted by Gasteiger charge is -2.13. The zero-order valence-corrected chi connectivity index (χ0v) is 22.0. The normalized spacial score (nSPS) is 14.1. The van der Waals surface area contributed by atoms with E-state index in [-0.39, 0.29) is 5.69 Å². The third-order valence-corrected chi connectivity index (χ3v) is 8.00. The minimum atomic E-state index is -0.938. The Morgan fingerprint density at radius 2 is 1.76 bits per heavy atom. The fourth-order valence-electron chi connectivity index (χ4n) is 6.23. The number of rotatable bonds is 8. The topological polar surface area (TPSA) is 80.1 Å². The number of aromatic nitrogens is 3. The molecule has 6 rings (SSSR count). The van der Waals surface area contributed by atoms with Gasteiger partial charge in [0.15, 0.2) is 0 Å². The summed E-state index contributed by atoms with van der Waals surface area (Å²) in [6.45, 7) is 4.70. The summed E-state index contributed by atoms with van der Waals surface area (Å²) in [5.41, 5.74) is 6.21. The van der Waals surface area contributed by atoms with Gasteiger partial charge < -0.3 is 14.8 Å². The number of nitrogens with zero attached hydrogens (tertiary/aromatic N) is 2. The van der Waals surface area contributed by atoms with E-state index in [4.69, 9.17) is 9.84 Å². The van der Waals surface area contributed by atoms with Gasteiger partial charge in [-0.05, 0) is 56.5 Å². The third-order valence-electron chi connectivity index (χ3n) is 8.00. The van der Waals surface area contributed by atoms with Crippen molar-refractivity contribution in [2.45, 2.75) is 58.4 Å². The molecule has 2 N–H and O–H groups in total. The first-order valence-corrected chi connectivity index (χ1v) is 13.6.